The van der Waals surface area contributed by atoms with E-state index in [1.165, 1.54) is 0 Å². The molecule has 0 aliphatic heterocycles. The third-order valence-corrected chi connectivity index (χ3v) is 3.86. The van der Waals surface area contributed by atoms with Gasteiger partial charge in [0.2, 0.25) is 0 Å². The third-order valence-electron chi connectivity index (χ3n) is 3.06. The van der Waals surface area contributed by atoms with Gasteiger partial charge in [-0.05, 0) is 30.0 Å². The van der Waals surface area contributed by atoms with E-state index in [1.54, 1.807) is 0 Å². The summed E-state index contributed by atoms with van der Waals surface area (Å²) in [6.07, 6.45) is 0.912. The summed E-state index contributed by atoms with van der Waals surface area (Å²) in [5, 5.41) is 0. The van der Waals surface area contributed by atoms with Gasteiger partial charge in [0.05, 0.1) is 5.75 Å². The first-order valence-corrected chi connectivity index (χ1v) is 8.35. The fraction of sp³-hybridized carbons (Fsp3) is 0.250. The number of hydrogen-bond donors (Lipinski definition) is 1. The molecule has 0 bridgehead atoms. The van der Waals surface area contributed by atoms with Gasteiger partial charge in [-0.25, -0.2) is 0 Å². The summed E-state index contributed by atoms with van der Waals surface area (Å²) in [7, 11) is -3.90. The highest BCUT2D eigenvalue weighted by Crippen LogP contribution is 2.21. The number of benzene rings is 2. The van der Waals surface area contributed by atoms with Crippen LogP contribution in [0.3, 0.4) is 0 Å². The van der Waals surface area contributed by atoms with Crippen LogP contribution in [0.2, 0.25) is 0 Å². The molecule has 4 nitrogen and oxygen atoms in total. The molecular weight excluding hydrogens is 288 g/mol. The molecule has 2 aromatic carbocycles. The second kappa shape index (κ2) is 7.24. The number of aryl methyl sites for hydroxylation is 1. The van der Waals surface area contributed by atoms with Crippen molar-refractivity contribution in [1.82, 2.24) is 0 Å². The zero-order valence-corrected chi connectivity index (χ0v) is 12.4. The predicted molar refractivity (Wildman–Crippen MR) is 82.0 cm³/mol. The van der Waals surface area contributed by atoms with Gasteiger partial charge in [-0.15, -0.1) is 0 Å². The molecule has 2 rings (SSSR count). The second-order valence-corrected chi connectivity index (χ2v) is 6.34. The lowest BCUT2D eigenvalue weighted by molar-refractivity contribution is 0.303. The molecule has 112 valence electrons. The van der Waals surface area contributed by atoms with Crippen molar-refractivity contribution in [2.45, 2.75) is 19.4 Å². The normalized spacial score (nSPS) is 11.3. The van der Waals surface area contributed by atoms with Crippen LogP contribution in [0.4, 0.5) is 0 Å². The van der Waals surface area contributed by atoms with E-state index >= 15 is 0 Å². The average Bonchev–Trinajstić information content (AvgIpc) is 2.46. The molecule has 0 amide bonds. The van der Waals surface area contributed by atoms with Crippen molar-refractivity contribution >= 4 is 10.1 Å². The lowest BCUT2D eigenvalue weighted by Gasteiger charge is -2.11. The highest BCUT2D eigenvalue weighted by Gasteiger charge is 2.07. The Kier molecular flexibility index (Phi) is 5.36. The Bertz CT molecular complexity index is 666. The molecule has 0 saturated heterocycles. The molecule has 0 aliphatic rings. The van der Waals surface area contributed by atoms with Crippen molar-refractivity contribution in [3.8, 4) is 5.75 Å². The predicted octanol–water partition coefficient (Wildman–Crippen LogP) is 3.09. The Morgan fingerprint density at radius 1 is 0.952 bits per heavy atom. The monoisotopic (exact) mass is 306 g/mol. The van der Waals surface area contributed by atoms with Crippen molar-refractivity contribution in [3.05, 3.63) is 65.7 Å². The van der Waals surface area contributed by atoms with Crippen molar-refractivity contribution in [2.75, 3.05) is 5.75 Å². The molecule has 0 spiro atoms. The van der Waals surface area contributed by atoms with Crippen LogP contribution >= 0.6 is 0 Å². The highest BCUT2D eigenvalue weighted by molar-refractivity contribution is 7.85. The molecule has 21 heavy (non-hydrogen) atoms. The van der Waals surface area contributed by atoms with Gasteiger partial charge < -0.3 is 4.74 Å². The molecule has 0 aromatic heterocycles. The third kappa shape index (κ3) is 5.57. The van der Waals surface area contributed by atoms with Gasteiger partial charge in [0.25, 0.3) is 10.1 Å². The minimum atomic E-state index is -3.90. The minimum Gasteiger partial charge on any atom is -0.489 e. The van der Waals surface area contributed by atoms with E-state index in [-0.39, 0.29) is 5.75 Å². The summed E-state index contributed by atoms with van der Waals surface area (Å²) < 4.78 is 36.0. The Labute approximate surface area is 125 Å². The van der Waals surface area contributed by atoms with E-state index in [2.05, 4.69) is 0 Å². The average molecular weight is 306 g/mol. The topological polar surface area (TPSA) is 63.6 Å². The van der Waals surface area contributed by atoms with Gasteiger partial charge in [-0.1, -0.05) is 48.5 Å². The van der Waals surface area contributed by atoms with Crippen molar-refractivity contribution in [2.24, 2.45) is 0 Å². The molecule has 0 unspecified atom stereocenters. The summed E-state index contributed by atoms with van der Waals surface area (Å²) in [5.74, 6) is 0.511. The van der Waals surface area contributed by atoms with Crippen LogP contribution in [-0.2, 0) is 23.1 Å². The van der Waals surface area contributed by atoms with Gasteiger partial charge in [0.1, 0.15) is 12.4 Å². The summed E-state index contributed by atoms with van der Waals surface area (Å²) in [6, 6.07) is 17.4. The Morgan fingerprint density at radius 2 is 1.62 bits per heavy atom. The summed E-state index contributed by atoms with van der Waals surface area (Å²) in [4.78, 5) is 0. The molecule has 5 heteroatoms. The zero-order chi connectivity index (χ0) is 15.1. The minimum absolute atomic E-state index is 0.236. The van der Waals surface area contributed by atoms with Crippen molar-refractivity contribution in [1.29, 1.82) is 0 Å². The molecule has 0 atom stereocenters. The van der Waals surface area contributed by atoms with E-state index < -0.39 is 10.1 Å². The fourth-order valence-corrected chi connectivity index (χ4v) is 2.54. The second-order valence-electron chi connectivity index (χ2n) is 4.77. The Balaban J connectivity index is 1.96. The maximum atomic E-state index is 10.7. The maximum absolute atomic E-state index is 10.7. The highest BCUT2D eigenvalue weighted by atomic mass is 32.2. The fourth-order valence-electron chi connectivity index (χ4n) is 2.03. The van der Waals surface area contributed by atoms with E-state index in [0.717, 1.165) is 16.9 Å². The number of hydrogen-bond acceptors (Lipinski definition) is 3. The van der Waals surface area contributed by atoms with Gasteiger partial charge in [0.15, 0.2) is 0 Å². The van der Waals surface area contributed by atoms with Gasteiger partial charge >= 0.3 is 0 Å². The summed E-state index contributed by atoms with van der Waals surface area (Å²) in [6.45, 7) is 0.468. The largest absolute Gasteiger partial charge is 0.489 e. The number of para-hydroxylation sites is 1. The van der Waals surface area contributed by atoms with E-state index in [0.29, 0.717) is 19.4 Å². The first-order chi connectivity index (χ1) is 10.0. The molecule has 1 N–H and O–H groups in total. The SMILES string of the molecule is O=S(=O)(O)CCCc1ccccc1OCc1ccccc1. The van der Waals surface area contributed by atoms with Gasteiger partial charge in [0, 0.05) is 0 Å². The summed E-state index contributed by atoms with van der Waals surface area (Å²) in [5.41, 5.74) is 2.02. The van der Waals surface area contributed by atoms with Crippen LogP contribution in [-0.4, -0.2) is 18.7 Å². The molecule has 0 heterocycles. The van der Waals surface area contributed by atoms with E-state index in [9.17, 15) is 8.42 Å². The van der Waals surface area contributed by atoms with Crippen LogP contribution in [0, 0.1) is 0 Å². The molecule has 2 aromatic rings. The lowest BCUT2D eigenvalue weighted by Crippen LogP contribution is -2.05. The van der Waals surface area contributed by atoms with Crippen LogP contribution in [0.5, 0.6) is 5.75 Å². The molecule has 0 saturated carbocycles. The van der Waals surface area contributed by atoms with Gasteiger partial charge in [-0.2, -0.15) is 8.42 Å². The van der Waals surface area contributed by atoms with Crippen LogP contribution in [0.25, 0.3) is 0 Å². The molecule has 0 fully saturated rings. The first-order valence-electron chi connectivity index (χ1n) is 6.74. The molecule has 0 radical (unpaired) electrons. The van der Waals surface area contributed by atoms with E-state index in [4.69, 9.17) is 9.29 Å². The lowest BCUT2D eigenvalue weighted by atomic mass is 10.1. The smallest absolute Gasteiger partial charge is 0.264 e. The van der Waals surface area contributed by atoms with Crippen LogP contribution < -0.4 is 4.74 Å². The van der Waals surface area contributed by atoms with E-state index in [1.807, 2.05) is 54.6 Å². The Hall–Kier alpha value is -1.85. The number of rotatable bonds is 7. The first kappa shape index (κ1) is 15.5. The standard InChI is InChI=1S/C16H18O4S/c17-21(18,19)12-6-10-15-9-4-5-11-16(15)20-13-14-7-2-1-3-8-14/h1-5,7-9,11H,6,10,12-13H2,(H,17,18,19). The van der Waals surface area contributed by atoms with Crippen molar-refractivity contribution < 1.29 is 17.7 Å². The molecule has 0 aliphatic carbocycles. The zero-order valence-electron chi connectivity index (χ0n) is 11.6. The summed E-state index contributed by atoms with van der Waals surface area (Å²) >= 11 is 0. The van der Waals surface area contributed by atoms with Crippen LogP contribution in [0.15, 0.2) is 54.6 Å². The Morgan fingerprint density at radius 3 is 2.33 bits per heavy atom. The van der Waals surface area contributed by atoms with Crippen molar-refractivity contribution in [3.63, 3.8) is 0 Å². The molecular formula is C16H18O4S. The number of ether oxygens (including phenoxy) is 1. The van der Waals surface area contributed by atoms with Crippen LogP contribution in [0.1, 0.15) is 17.5 Å². The maximum Gasteiger partial charge on any atom is 0.264 e. The van der Waals surface area contributed by atoms with Gasteiger partial charge in [-0.3, -0.25) is 4.55 Å². The quantitative estimate of drug-likeness (QED) is 0.798.